The lowest BCUT2D eigenvalue weighted by Gasteiger charge is -2.05. The van der Waals surface area contributed by atoms with Crippen LogP contribution in [-0.4, -0.2) is 20.5 Å². The van der Waals surface area contributed by atoms with E-state index in [2.05, 4.69) is 26.0 Å². The molecule has 2 rings (SSSR count). The molecule has 2 aromatic rings. The maximum atomic E-state index is 13.6. The van der Waals surface area contributed by atoms with Crippen molar-refractivity contribution in [1.82, 2.24) is 14.8 Å². The van der Waals surface area contributed by atoms with Gasteiger partial charge < -0.3 is 0 Å². The van der Waals surface area contributed by atoms with Crippen molar-refractivity contribution in [3.63, 3.8) is 0 Å². The first-order valence-corrected chi connectivity index (χ1v) is 6.76. The van der Waals surface area contributed by atoms with Crippen LogP contribution in [0.5, 0.6) is 0 Å². The molecule has 0 atom stereocenters. The Labute approximate surface area is 118 Å². The normalized spacial score (nSPS) is 10.7. The molecule has 1 aromatic heterocycles. The van der Waals surface area contributed by atoms with Gasteiger partial charge in [0, 0.05) is 11.0 Å². The van der Waals surface area contributed by atoms with Crippen LogP contribution in [0.15, 0.2) is 29.0 Å². The summed E-state index contributed by atoms with van der Waals surface area (Å²) in [5, 5.41) is 4.04. The summed E-state index contributed by atoms with van der Waals surface area (Å²) in [6.45, 7) is 2.71. The van der Waals surface area contributed by atoms with E-state index in [1.807, 2.05) is 6.92 Å². The molecule has 1 aromatic carbocycles. The molecule has 1 heterocycles. The highest BCUT2D eigenvalue weighted by Gasteiger charge is 2.16. The maximum Gasteiger partial charge on any atom is 0.173 e. The van der Waals surface area contributed by atoms with Gasteiger partial charge in [0.1, 0.15) is 18.0 Å². The van der Waals surface area contributed by atoms with Crippen LogP contribution in [0.2, 0.25) is 0 Å². The number of benzene rings is 1. The highest BCUT2D eigenvalue weighted by Crippen LogP contribution is 2.17. The lowest BCUT2D eigenvalue weighted by Crippen LogP contribution is -2.12. The molecule has 0 fully saturated rings. The Morgan fingerprint density at radius 3 is 3.00 bits per heavy atom. The summed E-state index contributed by atoms with van der Waals surface area (Å²) >= 11 is 3.23. The van der Waals surface area contributed by atoms with E-state index in [4.69, 9.17) is 0 Å². The molecule has 0 saturated carbocycles. The highest BCUT2D eigenvalue weighted by atomic mass is 79.9. The smallest absolute Gasteiger partial charge is 0.173 e. The van der Waals surface area contributed by atoms with Gasteiger partial charge in [0.2, 0.25) is 0 Å². The largest absolute Gasteiger partial charge is 0.294 e. The number of carbonyl (C=O) groups excluding carboxylic acids is 1. The summed E-state index contributed by atoms with van der Waals surface area (Å²) in [5.74, 6) is -0.259. The molecule has 4 nitrogen and oxygen atoms in total. The molecule has 0 saturated heterocycles. The summed E-state index contributed by atoms with van der Waals surface area (Å²) in [7, 11) is 0. The lowest BCUT2D eigenvalue weighted by molar-refractivity contribution is 0.0985. The zero-order valence-electron chi connectivity index (χ0n) is 10.4. The Morgan fingerprint density at radius 1 is 1.47 bits per heavy atom. The molecule has 0 spiro atoms. The van der Waals surface area contributed by atoms with E-state index >= 15 is 0 Å². The van der Waals surface area contributed by atoms with Crippen molar-refractivity contribution < 1.29 is 9.18 Å². The molecule has 0 aliphatic heterocycles. The van der Waals surface area contributed by atoms with Gasteiger partial charge in [-0.15, -0.1) is 0 Å². The van der Waals surface area contributed by atoms with Crippen LogP contribution in [0.4, 0.5) is 4.39 Å². The Morgan fingerprint density at radius 2 is 2.26 bits per heavy atom. The number of ketones is 1. The second kappa shape index (κ2) is 6.06. The molecular formula is C13H13BrFN3O. The van der Waals surface area contributed by atoms with Crippen LogP contribution >= 0.6 is 15.9 Å². The van der Waals surface area contributed by atoms with Gasteiger partial charge >= 0.3 is 0 Å². The number of hydrogen-bond acceptors (Lipinski definition) is 3. The molecule has 100 valence electrons. The van der Waals surface area contributed by atoms with Crippen molar-refractivity contribution in [2.45, 2.75) is 26.3 Å². The average Bonchev–Trinajstić information content (AvgIpc) is 2.80. The fourth-order valence-electron chi connectivity index (χ4n) is 1.77. The fourth-order valence-corrected chi connectivity index (χ4v) is 2.13. The zero-order chi connectivity index (χ0) is 13.8. The molecule has 6 heteroatoms. The number of Topliss-reactive ketones (excluding diaryl/α,β-unsaturated/α-hetero) is 1. The molecule has 19 heavy (non-hydrogen) atoms. The van der Waals surface area contributed by atoms with Crippen LogP contribution in [0.1, 0.15) is 29.5 Å². The first kappa shape index (κ1) is 13.9. The third-order valence-electron chi connectivity index (χ3n) is 2.68. The Hall–Kier alpha value is -1.56. The topological polar surface area (TPSA) is 47.8 Å². The second-order valence-corrected chi connectivity index (χ2v) is 5.04. The third kappa shape index (κ3) is 3.26. The second-order valence-electron chi connectivity index (χ2n) is 4.12. The molecule has 0 unspecified atom stereocenters. The van der Waals surface area contributed by atoms with E-state index in [1.54, 1.807) is 10.7 Å². The molecule has 0 N–H and O–H groups in total. The summed E-state index contributed by atoms with van der Waals surface area (Å²) in [5.41, 5.74) is 0.0698. The summed E-state index contributed by atoms with van der Waals surface area (Å²) < 4.78 is 16.0. The maximum absolute atomic E-state index is 13.6. The number of hydrogen-bond donors (Lipinski definition) is 0. The first-order valence-electron chi connectivity index (χ1n) is 5.96. The van der Waals surface area contributed by atoms with Crippen molar-refractivity contribution in [2.24, 2.45) is 0 Å². The minimum Gasteiger partial charge on any atom is -0.294 e. The highest BCUT2D eigenvalue weighted by molar-refractivity contribution is 9.10. The fraction of sp³-hybridized carbons (Fsp3) is 0.308. The predicted molar refractivity (Wildman–Crippen MR) is 72.4 cm³/mol. The van der Waals surface area contributed by atoms with Gasteiger partial charge in [-0.2, -0.15) is 5.10 Å². The van der Waals surface area contributed by atoms with Gasteiger partial charge in [-0.25, -0.2) is 14.1 Å². The van der Waals surface area contributed by atoms with E-state index in [-0.39, 0.29) is 17.8 Å². The summed E-state index contributed by atoms with van der Waals surface area (Å²) in [4.78, 5) is 16.1. The van der Waals surface area contributed by atoms with Crippen molar-refractivity contribution in [3.05, 3.63) is 46.2 Å². The van der Waals surface area contributed by atoms with Gasteiger partial charge in [-0.05, 0) is 24.6 Å². The first-order chi connectivity index (χ1) is 9.11. The van der Waals surface area contributed by atoms with Gasteiger partial charge in [0.25, 0.3) is 0 Å². The van der Waals surface area contributed by atoms with E-state index in [0.29, 0.717) is 16.8 Å². The van der Waals surface area contributed by atoms with Gasteiger partial charge in [-0.3, -0.25) is 4.79 Å². The Balaban J connectivity index is 2.21. The van der Waals surface area contributed by atoms with Gasteiger partial charge in [0.05, 0.1) is 12.0 Å². The average molecular weight is 326 g/mol. The molecule has 0 bridgehead atoms. The van der Waals surface area contributed by atoms with Crippen LogP contribution in [0.3, 0.4) is 0 Å². The van der Waals surface area contributed by atoms with Crippen LogP contribution in [-0.2, 0) is 13.0 Å². The number of nitrogens with zero attached hydrogens (tertiary/aromatic N) is 3. The van der Waals surface area contributed by atoms with Gasteiger partial charge in [-0.1, -0.05) is 22.9 Å². The van der Waals surface area contributed by atoms with Crippen molar-refractivity contribution >= 4 is 21.7 Å². The van der Waals surface area contributed by atoms with Crippen LogP contribution in [0.25, 0.3) is 0 Å². The SMILES string of the molecule is CCCn1ncnc1CC(=O)c1cc(Br)ccc1F. The molecule has 0 aliphatic rings. The summed E-state index contributed by atoms with van der Waals surface area (Å²) in [6.07, 6.45) is 2.36. The molecule has 0 amide bonds. The number of rotatable bonds is 5. The van der Waals surface area contributed by atoms with Crippen molar-refractivity contribution in [1.29, 1.82) is 0 Å². The standard InChI is InChI=1S/C13H13BrFN3O/c1-2-5-18-13(16-8-17-18)7-12(19)10-6-9(14)3-4-11(10)15/h3-4,6,8H,2,5,7H2,1H3. The van der Waals surface area contributed by atoms with Crippen LogP contribution < -0.4 is 0 Å². The van der Waals surface area contributed by atoms with E-state index in [0.717, 1.165) is 6.42 Å². The minimum atomic E-state index is -0.519. The van der Waals surface area contributed by atoms with E-state index in [1.165, 1.54) is 18.5 Å². The quantitative estimate of drug-likeness (QED) is 0.794. The Bertz CT molecular complexity index is 597. The third-order valence-corrected chi connectivity index (χ3v) is 3.17. The molecule has 0 radical (unpaired) electrons. The number of halogens is 2. The number of aryl methyl sites for hydroxylation is 1. The van der Waals surface area contributed by atoms with Crippen LogP contribution in [0, 0.1) is 5.82 Å². The zero-order valence-corrected chi connectivity index (χ0v) is 12.0. The Kier molecular flexibility index (Phi) is 4.42. The molecule has 0 aliphatic carbocycles. The van der Waals surface area contributed by atoms with Crippen molar-refractivity contribution in [2.75, 3.05) is 0 Å². The van der Waals surface area contributed by atoms with Gasteiger partial charge in [0.15, 0.2) is 5.78 Å². The predicted octanol–water partition coefficient (Wildman–Crippen LogP) is 3.02. The number of carbonyl (C=O) groups is 1. The monoisotopic (exact) mass is 325 g/mol. The number of aromatic nitrogens is 3. The van der Waals surface area contributed by atoms with Crippen molar-refractivity contribution in [3.8, 4) is 0 Å². The lowest BCUT2D eigenvalue weighted by atomic mass is 10.1. The van der Waals surface area contributed by atoms with E-state index < -0.39 is 5.82 Å². The van der Waals surface area contributed by atoms with E-state index in [9.17, 15) is 9.18 Å². The summed E-state index contributed by atoms with van der Waals surface area (Å²) in [6, 6.07) is 4.32. The minimum absolute atomic E-state index is 0.0490. The molecular weight excluding hydrogens is 313 g/mol.